The Morgan fingerprint density at radius 2 is 1.90 bits per heavy atom. The van der Waals surface area contributed by atoms with Gasteiger partial charge in [-0.1, -0.05) is 29.8 Å². The van der Waals surface area contributed by atoms with Crippen molar-refractivity contribution in [2.75, 3.05) is 11.6 Å². The van der Waals surface area contributed by atoms with Crippen molar-refractivity contribution < 1.29 is 14.3 Å². The number of halogens is 2. The summed E-state index contributed by atoms with van der Waals surface area (Å²) in [5, 5.41) is 11.0. The first-order valence-electron chi connectivity index (χ1n) is 8.76. The number of anilines is 1. The Balaban J connectivity index is 1.66. The molecular weight excluding hydrogens is 415 g/mol. The van der Waals surface area contributed by atoms with Crippen molar-refractivity contribution in [1.82, 2.24) is 10.6 Å². The second kappa shape index (κ2) is 7.42. The number of nitrogens with one attached hydrogen (secondary N) is 2. The maximum atomic E-state index is 12.1. The van der Waals surface area contributed by atoms with Gasteiger partial charge in [0.2, 0.25) is 0 Å². The normalized spacial score (nSPS) is 15.7. The number of ether oxygens (including phenoxy) is 1. The van der Waals surface area contributed by atoms with Crippen molar-refractivity contribution in [2.45, 2.75) is 13.3 Å². The van der Waals surface area contributed by atoms with Crippen molar-refractivity contribution in [2.24, 2.45) is 5.10 Å². The highest BCUT2D eigenvalue weighted by Crippen LogP contribution is 2.41. The topological polar surface area (TPSA) is 83.0 Å². The van der Waals surface area contributed by atoms with E-state index >= 15 is 0 Å². The van der Waals surface area contributed by atoms with Crippen LogP contribution in [0.1, 0.15) is 21.5 Å². The molecule has 0 saturated heterocycles. The van der Waals surface area contributed by atoms with Gasteiger partial charge in [0, 0.05) is 12.1 Å². The third-order valence-electron chi connectivity index (χ3n) is 4.53. The lowest BCUT2D eigenvalue weighted by Gasteiger charge is -2.23. The Kier molecular flexibility index (Phi) is 4.94. The number of rotatable bonds is 3. The van der Waals surface area contributed by atoms with E-state index in [4.69, 9.17) is 27.9 Å². The number of hydrazone groups is 1. The van der Waals surface area contributed by atoms with Crippen LogP contribution in [0.4, 0.5) is 10.5 Å². The molecule has 4 rings (SSSR count). The molecule has 0 saturated carbocycles. The molecule has 2 heterocycles. The molecule has 0 fully saturated rings. The fourth-order valence-electron chi connectivity index (χ4n) is 3.27. The second-order valence-corrected chi connectivity index (χ2v) is 7.45. The third kappa shape index (κ3) is 3.66. The minimum Gasteiger partial charge on any atom is -0.454 e. The van der Waals surface area contributed by atoms with Crippen LogP contribution in [0.3, 0.4) is 0 Å². The van der Waals surface area contributed by atoms with Crippen molar-refractivity contribution in [3.63, 3.8) is 0 Å². The van der Waals surface area contributed by atoms with E-state index in [2.05, 4.69) is 22.3 Å². The van der Waals surface area contributed by atoms with Crippen LogP contribution in [0.2, 0.25) is 10.0 Å². The lowest BCUT2D eigenvalue weighted by Crippen LogP contribution is -2.40. The molecule has 0 bridgehead atoms. The number of fused-ring (bicyclic) bond motifs is 1. The lowest BCUT2D eigenvalue weighted by molar-refractivity contribution is 0.0945. The molecular formula is C20H16Cl2N4O3. The number of carbonyl (C=O) groups is 2. The molecule has 9 heteroatoms. The summed E-state index contributed by atoms with van der Waals surface area (Å²) >= 11 is 12.8. The van der Waals surface area contributed by atoms with E-state index < -0.39 is 6.03 Å². The maximum absolute atomic E-state index is 12.1. The molecule has 0 aromatic heterocycles. The molecule has 148 valence electrons. The molecule has 29 heavy (non-hydrogen) atoms. The standard InChI is InChI=1S/C20H16Cl2N4O3/c1-10-5-14(6-12-3-4-23-19(27)17(10)12)29-18-15(21)7-13(8-16(18)22)26-20(28)25-11(2)9-24-26/h5-9H,2-4H2,1H3,(H,23,27)(H,25,28). The average Bonchev–Trinajstić information content (AvgIpc) is 2.64. The molecule has 3 amide bonds. The van der Waals surface area contributed by atoms with Crippen LogP contribution in [0.25, 0.3) is 0 Å². The summed E-state index contributed by atoms with van der Waals surface area (Å²) in [5.41, 5.74) is 3.16. The summed E-state index contributed by atoms with van der Waals surface area (Å²) in [6.45, 7) is 6.06. The largest absolute Gasteiger partial charge is 0.454 e. The monoisotopic (exact) mass is 430 g/mol. The summed E-state index contributed by atoms with van der Waals surface area (Å²) in [6, 6.07) is 6.18. The molecule has 2 aliphatic rings. The summed E-state index contributed by atoms with van der Waals surface area (Å²) in [6.07, 6.45) is 2.13. The summed E-state index contributed by atoms with van der Waals surface area (Å²) in [4.78, 5) is 24.2. The summed E-state index contributed by atoms with van der Waals surface area (Å²) < 4.78 is 5.94. The van der Waals surface area contributed by atoms with Gasteiger partial charge in [0.05, 0.1) is 27.6 Å². The molecule has 2 aromatic rings. The van der Waals surface area contributed by atoms with Crippen LogP contribution in [0, 0.1) is 6.92 Å². The first kappa shape index (κ1) is 19.3. The van der Waals surface area contributed by atoms with Gasteiger partial charge in [-0.3, -0.25) is 4.79 Å². The minimum atomic E-state index is -0.470. The molecule has 7 nitrogen and oxygen atoms in total. The Hall–Kier alpha value is -3.03. The van der Waals surface area contributed by atoms with Crippen LogP contribution in [-0.2, 0) is 6.42 Å². The third-order valence-corrected chi connectivity index (χ3v) is 5.10. The van der Waals surface area contributed by atoms with Crippen LogP contribution in [0.5, 0.6) is 11.5 Å². The van der Waals surface area contributed by atoms with E-state index in [1.807, 2.05) is 13.0 Å². The number of amides is 3. The van der Waals surface area contributed by atoms with Gasteiger partial charge >= 0.3 is 6.03 Å². The predicted molar refractivity (Wildman–Crippen MR) is 112 cm³/mol. The van der Waals surface area contributed by atoms with E-state index in [1.54, 1.807) is 6.07 Å². The molecule has 2 aliphatic heterocycles. The highest BCUT2D eigenvalue weighted by atomic mass is 35.5. The van der Waals surface area contributed by atoms with Gasteiger partial charge in [-0.25, -0.2) is 4.79 Å². The molecule has 0 atom stereocenters. The Bertz CT molecular complexity index is 1070. The van der Waals surface area contributed by atoms with Crippen LogP contribution in [-0.4, -0.2) is 24.7 Å². The molecule has 0 aliphatic carbocycles. The zero-order chi connectivity index (χ0) is 20.7. The van der Waals surface area contributed by atoms with Crippen molar-refractivity contribution >= 4 is 47.0 Å². The van der Waals surface area contributed by atoms with Crippen molar-refractivity contribution in [3.8, 4) is 11.5 Å². The lowest BCUT2D eigenvalue weighted by atomic mass is 9.95. The number of urea groups is 1. The Labute approximate surface area is 176 Å². The van der Waals surface area contributed by atoms with E-state index in [0.29, 0.717) is 35.7 Å². The van der Waals surface area contributed by atoms with Crippen LogP contribution >= 0.6 is 23.2 Å². The second-order valence-electron chi connectivity index (χ2n) is 6.63. The highest BCUT2D eigenvalue weighted by molar-refractivity contribution is 6.37. The summed E-state index contributed by atoms with van der Waals surface area (Å²) in [5.74, 6) is 0.693. The molecule has 0 spiro atoms. The Morgan fingerprint density at radius 1 is 1.17 bits per heavy atom. The maximum Gasteiger partial charge on any atom is 0.347 e. The number of benzene rings is 2. The van der Waals surface area contributed by atoms with Crippen molar-refractivity contribution in [1.29, 1.82) is 0 Å². The van der Waals surface area contributed by atoms with Gasteiger partial charge < -0.3 is 15.4 Å². The molecule has 0 unspecified atom stereocenters. The number of hydrogen-bond acceptors (Lipinski definition) is 4. The van der Waals surface area contributed by atoms with Crippen molar-refractivity contribution in [3.05, 3.63) is 63.3 Å². The highest BCUT2D eigenvalue weighted by Gasteiger charge is 2.23. The predicted octanol–water partition coefficient (Wildman–Crippen LogP) is 4.41. The van der Waals surface area contributed by atoms with E-state index in [9.17, 15) is 9.59 Å². The van der Waals surface area contributed by atoms with Gasteiger partial charge in [0.15, 0.2) is 5.75 Å². The minimum absolute atomic E-state index is 0.0845. The van der Waals surface area contributed by atoms with E-state index in [0.717, 1.165) is 16.1 Å². The quantitative estimate of drug-likeness (QED) is 0.756. The smallest absolute Gasteiger partial charge is 0.347 e. The zero-order valence-corrected chi connectivity index (χ0v) is 16.9. The number of hydrogen-bond donors (Lipinski definition) is 2. The number of allylic oxidation sites excluding steroid dienone is 1. The zero-order valence-electron chi connectivity index (χ0n) is 15.4. The summed E-state index contributed by atoms with van der Waals surface area (Å²) in [7, 11) is 0. The SMILES string of the molecule is C=C1C=NN(c2cc(Cl)c(Oc3cc(C)c4c(c3)CCNC4=O)c(Cl)c2)C(=O)N1. The number of aryl methyl sites for hydroxylation is 1. The molecule has 2 N–H and O–H groups in total. The molecule has 2 aromatic carbocycles. The fourth-order valence-corrected chi connectivity index (χ4v) is 3.83. The first-order chi connectivity index (χ1) is 13.8. The van der Waals surface area contributed by atoms with Gasteiger partial charge in [0.25, 0.3) is 5.91 Å². The first-order valence-corrected chi connectivity index (χ1v) is 9.51. The van der Waals surface area contributed by atoms with Gasteiger partial charge in [0.1, 0.15) is 5.75 Å². The van der Waals surface area contributed by atoms with Gasteiger partial charge in [-0.2, -0.15) is 10.1 Å². The van der Waals surface area contributed by atoms with E-state index in [1.165, 1.54) is 18.3 Å². The fraction of sp³-hybridized carbons (Fsp3) is 0.150. The van der Waals surface area contributed by atoms with Crippen LogP contribution < -0.4 is 20.4 Å². The average molecular weight is 431 g/mol. The van der Waals surface area contributed by atoms with Gasteiger partial charge in [-0.15, -0.1) is 0 Å². The van der Waals surface area contributed by atoms with Gasteiger partial charge in [-0.05, 0) is 48.7 Å². The number of carbonyl (C=O) groups excluding carboxylic acids is 2. The van der Waals surface area contributed by atoms with E-state index in [-0.39, 0.29) is 21.7 Å². The van der Waals surface area contributed by atoms with Crippen LogP contribution in [0.15, 0.2) is 41.6 Å². The number of nitrogens with zero attached hydrogens (tertiary/aromatic N) is 2. The molecule has 0 radical (unpaired) electrons. The Morgan fingerprint density at radius 3 is 2.59 bits per heavy atom.